The Morgan fingerprint density at radius 3 is 2.78 bits per heavy atom. The second-order valence-electron chi connectivity index (χ2n) is 4.73. The minimum Gasteiger partial charge on any atom is -0.263 e. The van der Waals surface area contributed by atoms with E-state index in [0.717, 1.165) is 22.5 Å². The number of nitrogens with zero attached hydrogens (tertiary/aromatic N) is 3. The van der Waals surface area contributed by atoms with Crippen molar-refractivity contribution in [2.45, 2.75) is 25.3 Å². The second-order valence-corrected chi connectivity index (χ2v) is 6.90. The molecule has 0 amide bonds. The Bertz CT molecular complexity index is 533. The van der Waals surface area contributed by atoms with Crippen molar-refractivity contribution >= 4 is 38.5 Å². The van der Waals surface area contributed by atoms with E-state index >= 15 is 0 Å². The van der Waals surface area contributed by atoms with E-state index < -0.39 is 0 Å². The van der Waals surface area contributed by atoms with Crippen molar-refractivity contribution in [3.63, 3.8) is 0 Å². The smallest absolute Gasteiger partial charge is 0.0942 e. The Hall–Kier alpha value is -0.430. The van der Waals surface area contributed by atoms with Gasteiger partial charge in [-0.3, -0.25) is 9.67 Å². The molecule has 0 saturated heterocycles. The Morgan fingerprint density at radius 2 is 2.22 bits per heavy atom. The van der Waals surface area contributed by atoms with Gasteiger partial charge in [0, 0.05) is 16.9 Å². The molecule has 0 aromatic carbocycles. The summed E-state index contributed by atoms with van der Waals surface area (Å²) in [5.74, 6) is 0.849. The lowest BCUT2D eigenvalue weighted by molar-refractivity contribution is 0.454. The van der Waals surface area contributed by atoms with Crippen molar-refractivity contribution in [1.82, 2.24) is 14.8 Å². The van der Waals surface area contributed by atoms with E-state index in [1.165, 1.54) is 16.4 Å². The van der Waals surface area contributed by atoms with E-state index in [1.807, 2.05) is 12.4 Å². The first kappa shape index (κ1) is 12.6. The van der Waals surface area contributed by atoms with Crippen molar-refractivity contribution in [1.29, 1.82) is 0 Å². The van der Waals surface area contributed by atoms with Crippen LogP contribution in [0.5, 0.6) is 0 Å². The number of rotatable bonds is 4. The van der Waals surface area contributed by atoms with Gasteiger partial charge in [0.25, 0.3) is 0 Å². The molecule has 0 N–H and O–H groups in total. The maximum Gasteiger partial charge on any atom is 0.0942 e. The third kappa shape index (κ3) is 2.93. The first-order valence-electron chi connectivity index (χ1n) is 6.03. The lowest BCUT2D eigenvalue weighted by Gasteiger charge is -2.16. The third-order valence-corrected chi connectivity index (χ3v) is 4.26. The lowest BCUT2D eigenvalue weighted by atomic mass is 10.1. The Labute approximate surface area is 128 Å². The normalized spacial score (nSPS) is 16.8. The van der Waals surface area contributed by atoms with Crippen molar-refractivity contribution in [2.24, 2.45) is 5.92 Å². The van der Waals surface area contributed by atoms with Crippen LogP contribution in [0.1, 0.15) is 31.0 Å². The predicted molar refractivity (Wildman–Crippen MR) is 82.4 cm³/mol. The fraction of sp³-hybridized carbons (Fsp3) is 0.385. The first-order valence-corrected chi connectivity index (χ1v) is 7.90. The van der Waals surface area contributed by atoms with E-state index in [4.69, 9.17) is 0 Å². The predicted octanol–water partition coefficient (Wildman–Crippen LogP) is 4.03. The molecule has 1 fully saturated rings. The molecule has 0 radical (unpaired) electrons. The molecule has 1 aliphatic carbocycles. The summed E-state index contributed by atoms with van der Waals surface area (Å²) in [5.41, 5.74) is 1.10. The maximum atomic E-state index is 4.53. The van der Waals surface area contributed by atoms with Crippen LogP contribution in [0.3, 0.4) is 0 Å². The van der Waals surface area contributed by atoms with Crippen molar-refractivity contribution < 1.29 is 0 Å². The molecule has 1 atom stereocenters. The van der Waals surface area contributed by atoms with Crippen LogP contribution in [0, 0.1) is 9.49 Å². The molecule has 3 nitrogen and oxygen atoms in total. The Kier molecular flexibility index (Phi) is 3.70. The zero-order chi connectivity index (χ0) is 12.5. The van der Waals surface area contributed by atoms with E-state index in [0.29, 0.717) is 0 Å². The monoisotopic (exact) mass is 417 g/mol. The van der Waals surface area contributed by atoms with Crippen LogP contribution in [-0.2, 0) is 0 Å². The van der Waals surface area contributed by atoms with E-state index in [1.54, 1.807) is 0 Å². The molecule has 1 saturated carbocycles. The van der Waals surface area contributed by atoms with Crippen LogP contribution in [0.25, 0.3) is 0 Å². The minimum atomic E-state index is 0.272. The van der Waals surface area contributed by atoms with Gasteiger partial charge in [-0.25, -0.2) is 0 Å². The zero-order valence-electron chi connectivity index (χ0n) is 9.76. The summed E-state index contributed by atoms with van der Waals surface area (Å²) in [6, 6.07) is 4.41. The highest BCUT2D eigenvalue weighted by Crippen LogP contribution is 2.38. The fourth-order valence-corrected chi connectivity index (χ4v) is 2.75. The summed E-state index contributed by atoms with van der Waals surface area (Å²) in [6.45, 7) is 0. The SMILES string of the molecule is Brc1ccc(C(CC2CC2)n2cc(I)cn2)nc1. The molecule has 2 aromatic heterocycles. The molecule has 2 heterocycles. The van der Waals surface area contributed by atoms with E-state index in [2.05, 4.69) is 71.6 Å². The zero-order valence-corrected chi connectivity index (χ0v) is 13.5. The molecular formula is C13H13BrIN3. The van der Waals surface area contributed by atoms with Gasteiger partial charge in [0.15, 0.2) is 0 Å². The largest absolute Gasteiger partial charge is 0.263 e. The molecule has 0 aliphatic heterocycles. The third-order valence-electron chi connectivity index (χ3n) is 3.23. The maximum absolute atomic E-state index is 4.53. The molecule has 94 valence electrons. The molecule has 5 heteroatoms. The number of pyridine rings is 1. The van der Waals surface area contributed by atoms with Gasteiger partial charge in [-0.05, 0) is 63.0 Å². The molecular weight excluding hydrogens is 405 g/mol. The highest BCUT2D eigenvalue weighted by molar-refractivity contribution is 14.1. The van der Waals surface area contributed by atoms with Crippen LogP contribution in [0.4, 0.5) is 0 Å². The molecule has 1 unspecified atom stereocenters. The topological polar surface area (TPSA) is 30.7 Å². The van der Waals surface area contributed by atoms with E-state index in [-0.39, 0.29) is 6.04 Å². The van der Waals surface area contributed by atoms with Crippen molar-refractivity contribution in [3.8, 4) is 0 Å². The van der Waals surface area contributed by atoms with Crippen molar-refractivity contribution in [2.75, 3.05) is 0 Å². The average molecular weight is 418 g/mol. The van der Waals surface area contributed by atoms with Crippen LogP contribution >= 0.6 is 38.5 Å². The van der Waals surface area contributed by atoms with Gasteiger partial charge >= 0.3 is 0 Å². The van der Waals surface area contributed by atoms with Crippen LogP contribution < -0.4 is 0 Å². The lowest BCUT2D eigenvalue weighted by Crippen LogP contribution is -2.13. The average Bonchev–Trinajstić information content (AvgIpc) is 3.09. The summed E-state index contributed by atoms with van der Waals surface area (Å²) in [5, 5.41) is 4.45. The number of hydrogen-bond acceptors (Lipinski definition) is 2. The summed E-state index contributed by atoms with van der Waals surface area (Å²) in [7, 11) is 0. The fourth-order valence-electron chi connectivity index (χ4n) is 2.10. The number of hydrogen-bond donors (Lipinski definition) is 0. The summed E-state index contributed by atoms with van der Waals surface area (Å²) in [4.78, 5) is 4.53. The van der Waals surface area contributed by atoms with Gasteiger partial charge in [-0.2, -0.15) is 5.10 Å². The first-order chi connectivity index (χ1) is 8.72. The van der Waals surface area contributed by atoms with Crippen LogP contribution in [0.15, 0.2) is 35.2 Å². The molecule has 3 rings (SSSR count). The number of aromatic nitrogens is 3. The molecule has 0 bridgehead atoms. The number of halogens is 2. The highest BCUT2D eigenvalue weighted by Gasteiger charge is 2.28. The van der Waals surface area contributed by atoms with Gasteiger partial charge in [0.05, 0.1) is 21.5 Å². The van der Waals surface area contributed by atoms with Crippen LogP contribution in [-0.4, -0.2) is 14.8 Å². The van der Waals surface area contributed by atoms with Crippen molar-refractivity contribution in [3.05, 3.63) is 44.5 Å². The highest BCUT2D eigenvalue weighted by atomic mass is 127. The van der Waals surface area contributed by atoms with Gasteiger partial charge < -0.3 is 0 Å². The molecule has 0 spiro atoms. The second kappa shape index (κ2) is 5.28. The summed E-state index contributed by atoms with van der Waals surface area (Å²) in [6.07, 6.45) is 9.71. The standard InChI is InChI=1S/C13H13BrIN3/c14-10-3-4-12(16-6-10)13(5-9-1-2-9)18-8-11(15)7-17-18/h3-4,6-9,13H,1-2,5H2. The van der Waals surface area contributed by atoms with Gasteiger partial charge in [-0.15, -0.1) is 0 Å². The Balaban J connectivity index is 1.91. The Morgan fingerprint density at radius 1 is 1.39 bits per heavy atom. The summed E-state index contributed by atoms with van der Waals surface area (Å²) >= 11 is 5.73. The molecule has 1 aliphatic rings. The van der Waals surface area contributed by atoms with E-state index in [9.17, 15) is 0 Å². The minimum absolute atomic E-state index is 0.272. The summed E-state index contributed by atoms with van der Waals surface area (Å²) < 4.78 is 4.24. The van der Waals surface area contributed by atoms with Gasteiger partial charge in [-0.1, -0.05) is 12.8 Å². The van der Waals surface area contributed by atoms with Gasteiger partial charge in [0.1, 0.15) is 0 Å². The van der Waals surface area contributed by atoms with Gasteiger partial charge in [0.2, 0.25) is 0 Å². The molecule has 18 heavy (non-hydrogen) atoms. The quantitative estimate of drug-likeness (QED) is 0.703. The van der Waals surface area contributed by atoms with Crippen LogP contribution in [0.2, 0.25) is 0 Å². The molecule has 2 aromatic rings.